The summed E-state index contributed by atoms with van der Waals surface area (Å²) >= 11 is 0. The Morgan fingerprint density at radius 2 is 2.25 bits per heavy atom. The van der Waals surface area contributed by atoms with E-state index in [1.165, 1.54) is 6.08 Å². The first kappa shape index (κ1) is 14.3. The largest absolute Gasteiger partial charge is 0.386 e. The Kier molecular flexibility index (Phi) is 4.51. The van der Waals surface area contributed by atoms with E-state index in [4.69, 9.17) is 10.00 Å². The van der Waals surface area contributed by atoms with Crippen molar-refractivity contribution in [2.24, 2.45) is 0 Å². The van der Waals surface area contributed by atoms with E-state index in [1.54, 1.807) is 30.3 Å². The molecule has 1 aliphatic rings. The molecule has 1 saturated heterocycles. The van der Waals surface area contributed by atoms with Gasteiger partial charge in [0.25, 0.3) is 0 Å². The maximum absolute atomic E-state index is 11.6. The van der Waals surface area contributed by atoms with Crippen molar-refractivity contribution in [2.75, 3.05) is 19.8 Å². The van der Waals surface area contributed by atoms with Gasteiger partial charge in [-0.2, -0.15) is 5.26 Å². The molecule has 20 heavy (non-hydrogen) atoms. The number of nitriles is 1. The molecule has 1 amide bonds. The van der Waals surface area contributed by atoms with Gasteiger partial charge in [-0.1, -0.05) is 12.1 Å². The summed E-state index contributed by atoms with van der Waals surface area (Å²) in [6.07, 6.45) is 3.60. The average molecular weight is 272 g/mol. The Labute approximate surface area is 117 Å². The maximum Gasteiger partial charge on any atom is 0.244 e. The lowest BCUT2D eigenvalue weighted by molar-refractivity contribution is -0.117. The topological polar surface area (TPSA) is 82.4 Å². The highest BCUT2D eigenvalue weighted by atomic mass is 16.5. The molecule has 2 N–H and O–H groups in total. The number of benzene rings is 1. The Morgan fingerprint density at radius 1 is 1.50 bits per heavy atom. The number of ether oxygens (including phenoxy) is 1. The van der Waals surface area contributed by atoms with Crippen LogP contribution in [-0.2, 0) is 9.53 Å². The zero-order valence-electron chi connectivity index (χ0n) is 11.0. The van der Waals surface area contributed by atoms with E-state index in [0.717, 1.165) is 5.56 Å². The van der Waals surface area contributed by atoms with Crippen molar-refractivity contribution >= 4 is 12.0 Å². The monoisotopic (exact) mass is 272 g/mol. The van der Waals surface area contributed by atoms with Crippen LogP contribution in [0, 0.1) is 11.3 Å². The van der Waals surface area contributed by atoms with Crippen LogP contribution in [0.2, 0.25) is 0 Å². The molecule has 1 unspecified atom stereocenters. The van der Waals surface area contributed by atoms with Gasteiger partial charge in [-0.05, 0) is 23.8 Å². The Morgan fingerprint density at radius 3 is 2.85 bits per heavy atom. The number of carbonyl (C=O) groups is 1. The van der Waals surface area contributed by atoms with Crippen LogP contribution < -0.4 is 5.32 Å². The highest BCUT2D eigenvalue weighted by molar-refractivity contribution is 5.91. The molecule has 0 bridgehead atoms. The molecule has 0 saturated carbocycles. The minimum absolute atomic E-state index is 0.184. The lowest BCUT2D eigenvalue weighted by atomic mass is 10.0. The molecule has 0 aromatic heterocycles. The number of carbonyl (C=O) groups excluding carboxylic acids is 1. The molecular formula is C15H16N2O3. The molecule has 1 heterocycles. The minimum atomic E-state index is -0.946. The Bertz CT molecular complexity index is 537. The van der Waals surface area contributed by atoms with Crippen molar-refractivity contribution < 1.29 is 14.6 Å². The number of nitrogens with one attached hydrogen (secondary N) is 1. The zero-order chi connectivity index (χ0) is 14.4. The summed E-state index contributed by atoms with van der Waals surface area (Å²) in [6, 6.07) is 8.94. The van der Waals surface area contributed by atoms with E-state index in [1.807, 2.05) is 6.07 Å². The summed E-state index contributed by atoms with van der Waals surface area (Å²) in [5.41, 5.74) is 0.468. The number of aliphatic hydroxyl groups is 1. The molecule has 1 aromatic carbocycles. The third-order valence-electron chi connectivity index (χ3n) is 3.14. The van der Waals surface area contributed by atoms with Gasteiger partial charge in [0.1, 0.15) is 5.60 Å². The smallest absolute Gasteiger partial charge is 0.244 e. The van der Waals surface area contributed by atoms with Crippen LogP contribution in [0.1, 0.15) is 17.5 Å². The molecule has 104 valence electrons. The predicted octanol–water partition coefficient (Wildman–Crippen LogP) is 0.839. The van der Waals surface area contributed by atoms with Crippen LogP contribution in [0.4, 0.5) is 0 Å². The standard InChI is InChI=1S/C15H16N2O3/c16-9-13-3-1-12(2-4-13)5-6-14(18)17-10-15(19)7-8-20-11-15/h1-6,19H,7-8,10-11H2,(H,17,18)/b6-5+. The Balaban J connectivity index is 1.84. The third-order valence-corrected chi connectivity index (χ3v) is 3.14. The quantitative estimate of drug-likeness (QED) is 0.796. The van der Waals surface area contributed by atoms with Crippen LogP contribution >= 0.6 is 0 Å². The minimum Gasteiger partial charge on any atom is -0.386 e. The summed E-state index contributed by atoms with van der Waals surface area (Å²) in [4.78, 5) is 11.6. The van der Waals surface area contributed by atoms with Crippen molar-refractivity contribution in [3.8, 4) is 6.07 Å². The molecule has 0 spiro atoms. The van der Waals surface area contributed by atoms with Crippen molar-refractivity contribution in [1.82, 2.24) is 5.32 Å². The van der Waals surface area contributed by atoms with E-state index >= 15 is 0 Å². The van der Waals surface area contributed by atoms with Crippen molar-refractivity contribution in [1.29, 1.82) is 5.26 Å². The second-order valence-corrected chi connectivity index (χ2v) is 4.81. The average Bonchev–Trinajstić information content (AvgIpc) is 2.91. The molecule has 2 rings (SSSR count). The normalized spacial score (nSPS) is 21.8. The summed E-state index contributed by atoms with van der Waals surface area (Å²) < 4.78 is 5.10. The van der Waals surface area contributed by atoms with Gasteiger partial charge in [-0.25, -0.2) is 0 Å². The van der Waals surface area contributed by atoms with Gasteiger partial charge >= 0.3 is 0 Å². The second-order valence-electron chi connectivity index (χ2n) is 4.81. The first-order valence-electron chi connectivity index (χ1n) is 6.37. The van der Waals surface area contributed by atoms with E-state index in [2.05, 4.69) is 5.32 Å². The van der Waals surface area contributed by atoms with Gasteiger partial charge in [-0.15, -0.1) is 0 Å². The lowest BCUT2D eigenvalue weighted by Crippen LogP contribution is -2.42. The van der Waals surface area contributed by atoms with Crippen molar-refractivity contribution in [3.63, 3.8) is 0 Å². The predicted molar refractivity (Wildman–Crippen MR) is 73.6 cm³/mol. The summed E-state index contributed by atoms with van der Waals surface area (Å²) in [7, 11) is 0. The maximum atomic E-state index is 11.6. The summed E-state index contributed by atoms with van der Waals surface area (Å²) in [5.74, 6) is -0.269. The fraction of sp³-hybridized carbons (Fsp3) is 0.333. The number of hydrogen-bond acceptors (Lipinski definition) is 4. The van der Waals surface area contributed by atoms with Gasteiger partial charge in [-0.3, -0.25) is 4.79 Å². The summed E-state index contributed by atoms with van der Waals surface area (Å²) in [6.45, 7) is 0.962. The first-order valence-corrected chi connectivity index (χ1v) is 6.37. The molecule has 1 fully saturated rings. The lowest BCUT2D eigenvalue weighted by Gasteiger charge is -2.19. The number of hydrogen-bond donors (Lipinski definition) is 2. The third kappa shape index (κ3) is 3.92. The van der Waals surface area contributed by atoms with Crippen molar-refractivity contribution in [2.45, 2.75) is 12.0 Å². The second kappa shape index (κ2) is 6.33. The summed E-state index contributed by atoms with van der Waals surface area (Å²) in [5, 5.41) is 21.3. The number of rotatable bonds is 4. The number of amides is 1. The fourth-order valence-corrected chi connectivity index (χ4v) is 1.89. The van der Waals surface area contributed by atoms with Crippen molar-refractivity contribution in [3.05, 3.63) is 41.5 Å². The van der Waals surface area contributed by atoms with Gasteiger partial charge in [0.2, 0.25) is 5.91 Å². The van der Waals surface area contributed by atoms with Crippen LogP contribution in [0.15, 0.2) is 30.3 Å². The molecule has 5 heteroatoms. The van der Waals surface area contributed by atoms with E-state index < -0.39 is 5.60 Å². The highest BCUT2D eigenvalue weighted by Gasteiger charge is 2.32. The molecule has 1 aromatic rings. The van der Waals surface area contributed by atoms with Gasteiger partial charge in [0, 0.05) is 25.6 Å². The highest BCUT2D eigenvalue weighted by Crippen LogP contribution is 2.16. The molecule has 5 nitrogen and oxygen atoms in total. The van der Waals surface area contributed by atoms with E-state index in [-0.39, 0.29) is 19.1 Å². The SMILES string of the molecule is N#Cc1ccc(/C=C/C(=O)NCC2(O)CCOC2)cc1. The van der Waals surface area contributed by atoms with Crippen LogP contribution in [0.3, 0.4) is 0 Å². The number of nitrogens with zero attached hydrogens (tertiary/aromatic N) is 1. The Hall–Kier alpha value is -2.16. The zero-order valence-corrected chi connectivity index (χ0v) is 11.0. The van der Waals surface area contributed by atoms with E-state index in [9.17, 15) is 9.90 Å². The fourth-order valence-electron chi connectivity index (χ4n) is 1.89. The molecule has 1 atom stereocenters. The van der Waals surface area contributed by atoms with Crippen LogP contribution in [0.25, 0.3) is 6.08 Å². The molecule has 0 aliphatic carbocycles. The van der Waals surface area contributed by atoms with Gasteiger partial charge in [0.15, 0.2) is 0 Å². The van der Waals surface area contributed by atoms with Gasteiger partial charge < -0.3 is 15.2 Å². The van der Waals surface area contributed by atoms with Crippen LogP contribution in [-0.4, -0.2) is 36.4 Å². The molecular weight excluding hydrogens is 256 g/mol. The van der Waals surface area contributed by atoms with Crippen LogP contribution in [0.5, 0.6) is 0 Å². The van der Waals surface area contributed by atoms with E-state index in [0.29, 0.717) is 18.6 Å². The molecule has 0 radical (unpaired) electrons. The molecule has 1 aliphatic heterocycles. The first-order chi connectivity index (χ1) is 9.61. The van der Waals surface area contributed by atoms with Gasteiger partial charge in [0.05, 0.1) is 18.2 Å².